The molecule has 106 valence electrons. The van der Waals surface area contributed by atoms with Crippen molar-refractivity contribution in [2.45, 2.75) is 12.0 Å². The molecular weight excluding hydrogens is 272 g/mol. The van der Waals surface area contributed by atoms with Crippen LogP contribution in [0.3, 0.4) is 0 Å². The maximum Gasteiger partial charge on any atom is 0.322 e. The zero-order chi connectivity index (χ0) is 15.0. The number of urea groups is 1. The fourth-order valence-corrected chi connectivity index (χ4v) is 2.70. The van der Waals surface area contributed by atoms with Crippen LogP contribution in [0.4, 0.5) is 4.79 Å². The molecule has 0 bridgehead atoms. The van der Waals surface area contributed by atoms with E-state index in [1.165, 1.54) is 11.0 Å². The molecule has 2 aliphatic heterocycles. The van der Waals surface area contributed by atoms with Gasteiger partial charge in [0, 0.05) is 12.1 Å². The van der Waals surface area contributed by atoms with Crippen LogP contribution in [0.5, 0.6) is 0 Å². The zero-order valence-electron chi connectivity index (χ0n) is 11.0. The number of carbonyl (C=O) groups excluding carboxylic acids is 3. The summed E-state index contributed by atoms with van der Waals surface area (Å²) in [5, 5.41) is 13.7. The largest absolute Gasteiger partial charge is 0.336 e. The van der Waals surface area contributed by atoms with Crippen LogP contribution in [0.25, 0.3) is 0 Å². The molecule has 7 nitrogen and oxygen atoms in total. The molecule has 7 heteroatoms. The first-order valence-electron chi connectivity index (χ1n) is 6.47. The summed E-state index contributed by atoms with van der Waals surface area (Å²) < 4.78 is 0. The molecule has 2 heterocycles. The number of nitrogens with zero attached hydrogens (tertiary/aromatic N) is 2. The molecule has 0 saturated carbocycles. The van der Waals surface area contributed by atoms with Gasteiger partial charge < -0.3 is 10.2 Å². The number of hydrogen-bond donors (Lipinski definition) is 2. The van der Waals surface area contributed by atoms with E-state index in [4.69, 9.17) is 5.26 Å². The number of hydrogen-bond acceptors (Lipinski definition) is 4. The minimum absolute atomic E-state index is 0.139. The molecule has 1 spiro atoms. The SMILES string of the molecule is N#Cc1cccc(C(=O)N2CCC3(C2)NC(=O)NC3=O)c1. The quantitative estimate of drug-likeness (QED) is 0.707. The third-order valence-electron chi connectivity index (χ3n) is 3.81. The van der Waals surface area contributed by atoms with Gasteiger partial charge in [-0.15, -0.1) is 0 Å². The van der Waals surface area contributed by atoms with Crippen LogP contribution in [-0.4, -0.2) is 41.4 Å². The van der Waals surface area contributed by atoms with E-state index in [9.17, 15) is 14.4 Å². The Morgan fingerprint density at radius 3 is 2.86 bits per heavy atom. The second kappa shape index (κ2) is 4.59. The van der Waals surface area contributed by atoms with Gasteiger partial charge in [0.15, 0.2) is 0 Å². The second-order valence-corrected chi connectivity index (χ2v) is 5.16. The Bertz CT molecular complexity index is 694. The highest BCUT2D eigenvalue weighted by molar-refractivity contribution is 6.08. The number of rotatable bonds is 1. The third kappa shape index (κ3) is 2.10. The molecule has 4 amide bonds. The van der Waals surface area contributed by atoms with Crippen molar-refractivity contribution in [1.29, 1.82) is 5.26 Å². The molecule has 1 aromatic carbocycles. The predicted molar refractivity (Wildman–Crippen MR) is 71.1 cm³/mol. The van der Waals surface area contributed by atoms with Crippen molar-refractivity contribution >= 4 is 17.8 Å². The third-order valence-corrected chi connectivity index (χ3v) is 3.81. The molecular formula is C14H12N4O3. The number of carbonyl (C=O) groups is 3. The van der Waals surface area contributed by atoms with E-state index in [2.05, 4.69) is 10.6 Å². The monoisotopic (exact) mass is 284 g/mol. The van der Waals surface area contributed by atoms with Crippen LogP contribution in [0.1, 0.15) is 22.3 Å². The molecule has 1 aromatic rings. The van der Waals surface area contributed by atoms with Crippen LogP contribution in [0.2, 0.25) is 0 Å². The summed E-state index contributed by atoms with van der Waals surface area (Å²) in [6, 6.07) is 7.85. The number of likely N-dealkylation sites (tertiary alicyclic amines) is 1. The molecule has 21 heavy (non-hydrogen) atoms. The van der Waals surface area contributed by atoms with Crippen molar-refractivity contribution in [2.24, 2.45) is 0 Å². The lowest BCUT2D eigenvalue weighted by atomic mass is 9.99. The zero-order valence-corrected chi connectivity index (χ0v) is 11.0. The van der Waals surface area contributed by atoms with Crippen LogP contribution in [-0.2, 0) is 4.79 Å². The molecule has 0 radical (unpaired) electrons. The summed E-state index contributed by atoms with van der Waals surface area (Å²) in [7, 11) is 0. The Balaban J connectivity index is 1.80. The molecule has 0 aliphatic carbocycles. The van der Waals surface area contributed by atoms with Gasteiger partial charge in [-0.05, 0) is 24.6 Å². The summed E-state index contributed by atoms with van der Waals surface area (Å²) in [4.78, 5) is 37.0. The average Bonchev–Trinajstić information content (AvgIpc) is 3.03. The van der Waals surface area contributed by atoms with Gasteiger partial charge in [-0.3, -0.25) is 14.9 Å². The number of nitrogens with one attached hydrogen (secondary N) is 2. The van der Waals surface area contributed by atoms with Crippen molar-refractivity contribution in [3.05, 3.63) is 35.4 Å². The molecule has 2 fully saturated rings. The van der Waals surface area contributed by atoms with Gasteiger partial charge in [0.2, 0.25) is 0 Å². The summed E-state index contributed by atoms with van der Waals surface area (Å²) in [5.74, 6) is -0.647. The van der Waals surface area contributed by atoms with Gasteiger partial charge in [0.1, 0.15) is 5.54 Å². The van der Waals surface area contributed by atoms with Crippen molar-refractivity contribution in [1.82, 2.24) is 15.5 Å². The Kier molecular flexibility index (Phi) is 2.87. The number of amides is 4. The highest BCUT2D eigenvalue weighted by atomic mass is 16.2. The van der Waals surface area contributed by atoms with Crippen molar-refractivity contribution in [3.63, 3.8) is 0 Å². The van der Waals surface area contributed by atoms with E-state index in [1.807, 2.05) is 6.07 Å². The Hall–Kier alpha value is -2.88. The van der Waals surface area contributed by atoms with Gasteiger partial charge in [-0.25, -0.2) is 4.79 Å². The first-order chi connectivity index (χ1) is 10.0. The lowest BCUT2D eigenvalue weighted by Crippen LogP contribution is -2.49. The van der Waals surface area contributed by atoms with Crippen LogP contribution in [0.15, 0.2) is 24.3 Å². The standard InChI is InChI=1S/C14H12N4O3/c15-7-9-2-1-3-10(6-9)11(19)18-5-4-14(8-18)12(20)16-13(21)17-14/h1-3,6H,4-5,8H2,(H2,16,17,20,21). The molecule has 1 atom stereocenters. The van der Waals surface area contributed by atoms with E-state index >= 15 is 0 Å². The molecule has 3 rings (SSSR count). The number of benzene rings is 1. The molecule has 1 unspecified atom stereocenters. The minimum atomic E-state index is -1.01. The van der Waals surface area contributed by atoms with E-state index < -0.39 is 17.5 Å². The van der Waals surface area contributed by atoms with E-state index in [-0.39, 0.29) is 12.5 Å². The van der Waals surface area contributed by atoms with Crippen LogP contribution < -0.4 is 10.6 Å². The fourth-order valence-electron chi connectivity index (χ4n) is 2.70. The first kappa shape index (κ1) is 13.1. The maximum absolute atomic E-state index is 12.4. The van der Waals surface area contributed by atoms with Crippen molar-refractivity contribution in [3.8, 4) is 6.07 Å². The Labute approximate surface area is 120 Å². The highest BCUT2D eigenvalue weighted by Crippen LogP contribution is 2.26. The maximum atomic E-state index is 12.4. The lowest BCUT2D eigenvalue weighted by molar-refractivity contribution is -0.123. The summed E-state index contributed by atoms with van der Waals surface area (Å²) in [6.45, 7) is 0.517. The van der Waals surface area contributed by atoms with Gasteiger partial charge >= 0.3 is 6.03 Å². The van der Waals surface area contributed by atoms with Crippen LogP contribution >= 0.6 is 0 Å². The lowest BCUT2D eigenvalue weighted by Gasteiger charge is -2.21. The summed E-state index contributed by atoms with van der Waals surface area (Å²) in [6.07, 6.45) is 0.383. The Morgan fingerprint density at radius 1 is 1.38 bits per heavy atom. The number of nitriles is 1. The summed E-state index contributed by atoms with van der Waals surface area (Å²) in [5.41, 5.74) is -0.211. The molecule has 2 aliphatic rings. The van der Waals surface area contributed by atoms with E-state index in [0.717, 1.165) is 0 Å². The summed E-state index contributed by atoms with van der Waals surface area (Å²) >= 11 is 0. The van der Waals surface area contributed by atoms with Gasteiger partial charge in [0.05, 0.1) is 18.2 Å². The Morgan fingerprint density at radius 2 is 2.19 bits per heavy atom. The van der Waals surface area contributed by atoms with E-state index in [1.54, 1.807) is 18.2 Å². The predicted octanol–water partition coefficient (Wildman–Crippen LogP) is -0.0176. The topological polar surface area (TPSA) is 102 Å². The van der Waals surface area contributed by atoms with E-state index in [0.29, 0.717) is 24.1 Å². The average molecular weight is 284 g/mol. The highest BCUT2D eigenvalue weighted by Gasteiger charge is 2.51. The second-order valence-electron chi connectivity index (χ2n) is 5.16. The molecule has 2 saturated heterocycles. The van der Waals surface area contributed by atoms with Gasteiger partial charge in [-0.2, -0.15) is 5.26 Å². The normalized spacial score (nSPS) is 23.9. The smallest absolute Gasteiger partial charge is 0.322 e. The minimum Gasteiger partial charge on any atom is -0.336 e. The first-order valence-corrected chi connectivity index (χ1v) is 6.47. The van der Waals surface area contributed by atoms with Crippen molar-refractivity contribution < 1.29 is 14.4 Å². The molecule has 2 N–H and O–H groups in total. The number of imide groups is 1. The molecule has 0 aromatic heterocycles. The fraction of sp³-hybridized carbons (Fsp3) is 0.286. The van der Waals surface area contributed by atoms with Crippen LogP contribution in [0, 0.1) is 11.3 Å². The van der Waals surface area contributed by atoms with Gasteiger partial charge in [-0.1, -0.05) is 6.07 Å². The van der Waals surface area contributed by atoms with Gasteiger partial charge in [0.25, 0.3) is 11.8 Å². The van der Waals surface area contributed by atoms with Crippen molar-refractivity contribution in [2.75, 3.05) is 13.1 Å².